The minimum atomic E-state index is -4.16. The Morgan fingerprint density at radius 3 is 2.48 bits per heavy atom. The van der Waals surface area contributed by atoms with Crippen molar-refractivity contribution in [2.24, 2.45) is 0 Å². The number of amides is 1. The molecule has 31 heavy (non-hydrogen) atoms. The lowest BCUT2D eigenvalue weighted by Gasteiger charge is -2.14. The number of nitro groups is 1. The maximum atomic E-state index is 13.1. The number of hydrogen-bond acceptors (Lipinski definition) is 7. The molecule has 1 amide bonds. The van der Waals surface area contributed by atoms with Crippen LogP contribution < -0.4 is 10.0 Å². The van der Waals surface area contributed by atoms with Crippen molar-refractivity contribution in [1.29, 1.82) is 0 Å². The summed E-state index contributed by atoms with van der Waals surface area (Å²) in [5, 5.41) is 13.2. The van der Waals surface area contributed by atoms with Gasteiger partial charge in [-0.2, -0.15) is 4.72 Å². The van der Waals surface area contributed by atoms with Crippen LogP contribution in [0.4, 0.5) is 15.8 Å². The summed E-state index contributed by atoms with van der Waals surface area (Å²) < 4.78 is 44.6. The first-order chi connectivity index (χ1) is 14.4. The maximum absolute atomic E-state index is 13.1. The Hall–Kier alpha value is -2.80. The van der Waals surface area contributed by atoms with Gasteiger partial charge in [-0.15, -0.1) is 0 Å². The predicted molar refractivity (Wildman–Crippen MR) is 109 cm³/mol. The van der Waals surface area contributed by atoms with E-state index < -0.39 is 51.0 Å². The number of nitrogens with one attached hydrogen (secondary N) is 2. The molecule has 0 bridgehead atoms. The van der Waals surface area contributed by atoms with Gasteiger partial charge >= 0.3 is 5.97 Å². The van der Waals surface area contributed by atoms with Crippen LogP contribution in [0.3, 0.4) is 0 Å². The highest BCUT2D eigenvalue weighted by Crippen LogP contribution is 2.26. The zero-order valence-electron chi connectivity index (χ0n) is 15.6. The third kappa shape index (κ3) is 6.59. The first kappa shape index (κ1) is 24.5. The molecule has 1 atom stereocenters. The number of hydrogen-bond donors (Lipinski definition) is 2. The van der Waals surface area contributed by atoms with Gasteiger partial charge in [0.2, 0.25) is 10.0 Å². The van der Waals surface area contributed by atoms with Crippen molar-refractivity contribution in [2.75, 3.05) is 11.9 Å². The average Bonchev–Trinajstić information content (AvgIpc) is 2.68. The third-order valence-corrected chi connectivity index (χ3v) is 5.94. The van der Waals surface area contributed by atoms with E-state index in [2.05, 4.69) is 10.0 Å². The molecule has 0 aromatic heterocycles. The summed E-state index contributed by atoms with van der Waals surface area (Å²) in [7, 11) is -4.16. The predicted octanol–water partition coefficient (Wildman–Crippen LogP) is 2.89. The molecule has 0 unspecified atom stereocenters. The molecule has 0 heterocycles. The Morgan fingerprint density at radius 2 is 1.87 bits per heavy atom. The molecule has 14 heteroatoms. The molecule has 0 saturated carbocycles. The second-order valence-electron chi connectivity index (χ2n) is 5.99. The van der Waals surface area contributed by atoms with Crippen LogP contribution in [0.1, 0.15) is 6.92 Å². The van der Waals surface area contributed by atoms with Crippen molar-refractivity contribution in [1.82, 2.24) is 4.72 Å². The topological polar surface area (TPSA) is 145 Å². The van der Waals surface area contributed by atoms with E-state index in [1.54, 1.807) is 0 Å². The Morgan fingerprint density at radius 1 is 1.19 bits per heavy atom. The SMILES string of the molecule is C[C@H](NS(=O)(=O)c1ccc(Cl)c(Cl)c1)C(=O)OCC(=O)Nc1ccc(F)cc1[N+](=O)[O-]. The summed E-state index contributed by atoms with van der Waals surface area (Å²) in [4.78, 5) is 33.7. The number of esters is 1. The zero-order chi connectivity index (χ0) is 23.3. The minimum Gasteiger partial charge on any atom is -0.454 e. The number of rotatable bonds is 8. The average molecular weight is 494 g/mol. The van der Waals surface area contributed by atoms with Gasteiger partial charge < -0.3 is 10.1 Å². The van der Waals surface area contributed by atoms with Gasteiger partial charge in [0.25, 0.3) is 11.6 Å². The Kier molecular flexibility index (Phi) is 7.90. The fraction of sp³-hybridized carbons (Fsp3) is 0.176. The summed E-state index contributed by atoms with van der Waals surface area (Å²) in [6.07, 6.45) is 0. The number of carbonyl (C=O) groups is 2. The molecule has 0 fully saturated rings. The van der Waals surface area contributed by atoms with E-state index in [1.807, 2.05) is 0 Å². The van der Waals surface area contributed by atoms with Crippen LogP contribution in [0.5, 0.6) is 0 Å². The van der Waals surface area contributed by atoms with Crippen LogP contribution >= 0.6 is 23.2 Å². The quantitative estimate of drug-likeness (QED) is 0.326. The molecule has 0 radical (unpaired) electrons. The summed E-state index contributed by atoms with van der Waals surface area (Å²) >= 11 is 11.5. The Balaban J connectivity index is 1.97. The number of benzene rings is 2. The summed E-state index contributed by atoms with van der Waals surface area (Å²) in [6.45, 7) is 0.312. The van der Waals surface area contributed by atoms with E-state index in [1.165, 1.54) is 19.1 Å². The molecule has 166 valence electrons. The first-order valence-electron chi connectivity index (χ1n) is 8.28. The van der Waals surface area contributed by atoms with Crippen molar-refractivity contribution >= 4 is 56.5 Å². The molecule has 0 aliphatic rings. The van der Waals surface area contributed by atoms with Crippen molar-refractivity contribution in [3.8, 4) is 0 Å². The normalized spacial score (nSPS) is 12.1. The van der Waals surface area contributed by atoms with Gasteiger partial charge in [0.1, 0.15) is 17.5 Å². The van der Waals surface area contributed by atoms with Crippen LogP contribution in [0.15, 0.2) is 41.3 Å². The van der Waals surface area contributed by atoms with Gasteiger partial charge in [-0.25, -0.2) is 12.8 Å². The Labute approximate surface area is 185 Å². The summed E-state index contributed by atoms with van der Waals surface area (Å²) in [5.41, 5.74) is -0.997. The molecule has 2 N–H and O–H groups in total. The first-order valence-corrected chi connectivity index (χ1v) is 10.5. The number of nitrogens with zero attached hydrogens (tertiary/aromatic N) is 1. The summed E-state index contributed by atoms with van der Waals surface area (Å²) in [5.74, 6) is -2.92. The van der Waals surface area contributed by atoms with Crippen LogP contribution in [-0.2, 0) is 24.3 Å². The maximum Gasteiger partial charge on any atom is 0.324 e. The number of anilines is 1. The van der Waals surface area contributed by atoms with Crippen LogP contribution in [0, 0.1) is 15.9 Å². The standard InChI is InChI=1S/C17H14Cl2FN3O7S/c1-9(22-31(28,29)11-3-4-12(18)13(19)7-11)17(25)30-8-16(24)21-14-5-2-10(20)6-15(14)23(26)27/h2-7,9,22H,8H2,1H3,(H,21,24)/t9-/m0/s1. The molecule has 2 rings (SSSR count). The zero-order valence-corrected chi connectivity index (χ0v) is 17.9. The van der Waals surface area contributed by atoms with Gasteiger partial charge in [-0.3, -0.25) is 19.7 Å². The molecule has 0 aliphatic carbocycles. The van der Waals surface area contributed by atoms with E-state index in [0.717, 1.165) is 18.2 Å². The van der Waals surface area contributed by atoms with Crippen molar-refractivity contribution in [2.45, 2.75) is 17.9 Å². The Bertz CT molecular complexity index is 1140. The molecular weight excluding hydrogens is 480 g/mol. The lowest BCUT2D eigenvalue weighted by atomic mass is 10.2. The van der Waals surface area contributed by atoms with Crippen molar-refractivity contribution in [3.05, 3.63) is 62.4 Å². The lowest BCUT2D eigenvalue weighted by Crippen LogP contribution is -2.40. The molecule has 2 aromatic carbocycles. The highest BCUT2D eigenvalue weighted by atomic mass is 35.5. The molecule has 10 nitrogen and oxygen atoms in total. The largest absolute Gasteiger partial charge is 0.454 e. The van der Waals surface area contributed by atoms with Gasteiger partial charge in [-0.05, 0) is 37.3 Å². The molecule has 0 saturated heterocycles. The van der Waals surface area contributed by atoms with E-state index in [4.69, 9.17) is 27.9 Å². The van der Waals surface area contributed by atoms with Crippen molar-refractivity contribution < 1.29 is 32.1 Å². The molecule has 0 aliphatic heterocycles. The van der Waals surface area contributed by atoms with Gasteiger partial charge in [-0.1, -0.05) is 23.2 Å². The van der Waals surface area contributed by atoms with Crippen LogP contribution in [-0.4, -0.2) is 37.9 Å². The number of halogens is 3. The lowest BCUT2D eigenvalue weighted by molar-refractivity contribution is -0.384. The van der Waals surface area contributed by atoms with E-state index in [0.29, 0.717) is 6.07 Å². The smallest absolute Gasteiger partial charge is 0.324 e. The van der Waals surface area contributed by atoms with E-state index in [-0.39, 0.29) is 20.6 Å². The number of sulfonamides is 1. The molecule has 0 spiro atoms. The van der Waals surface area contributed by atoms with Gasteiger partial charge in [0.05, 0.1) is 25.9 Å². The second kappa shape index (κ2) is 10.0. The second-order valence-corrected chi connectivity index (χ2v) is 8.52. The van der Waals surface area contributed by atoms with Crippen LogP contribution in [0.2, 0.25) is 10.0 Å². The molecular formula is C17H14Cl2FN3O7S. The highest BCUT2D eigenvalue weighted by molar-refractivity contribution is 7.89. The van der Waals surface area contributed by atoms with Crippen molar-refractivity contribution in [3.63, 3.8) is 0 Å². The number of nitro benzene ring substituents is 1. The monoisotopic (exact) mass is 493 g/mol. The summed E-state index contributed by atoms with van der Waals surface area (Å²) in [6, 6.07) is 4.63. The van der Waals surface area contributed by atoms with E-state index >= 15 is 0 Å². The number of carbonyl (C=O) groups excluding carboxylic acids is 2. The number of ether oxygens (including phenoxy) is 1. The van der Waals surface area contributed by atoms with Gasteiger partial charge in [0, 0.05) is 0 Å². The fourth-order valence-electron chi connectivity index (χ4n) is 2.20. The fourth-order valence-corrected chi connectivity index (χ4v) is 3.78. The molecule has 2 aromatic rings. The highest BCUT2D eigenvalue weighted by Gasteiger charge is 2.25. The van der Waals surface area contributed by atoms with Gasteiger partial charge in [0.15, 0.2) is 6.61 Å². The minimum absolute atomic E-state index is 0.00803. The van der Waals surface area contributed by atoms with E-state index in [9.17, 15) is 32.5 Å². The van der Waals surface area contributed by atoms with Crippen LogP contribution in [0.25, 0.3) is 0 Å². The third-order valence-electron chi connectivity index (χ3n) is 3.66.